The van der Waals surface area contributed by atoms with Crippen LogP contribution in [0.25, 0.3) is 0 Å². The lowest BCUT2D eigenvalue weighted by atomic mass is 9.96. The van der Waals surface area contributed by atoms with E-state index in [1.807, 2.05) is 0 Å². The minimum absolute atomic E-state index is 0.128. The average Bonchev–Trinajstić information content (AvgIpc) is 2.47. The van der Waals surface area contributed by atoms with Crippen LogP contribution in [0.3, 0.4) is 0 Å². The number of carbonyl (C=O) groups is 1. The van der Waals surface area contributed by atoms with Crippen molar-refractivity contribution in [3.8, 4) is 0 Å². The van der Waals surface area contributed by atoms with Crippen molar-refractivity contribution in [3.05, 3.63) is 29.3 Å². The minimum atomic E-state index is 0.128. The first-order chi connectivity index (χ1) is 9.65. The molecule has 3 nitrogen and oxygen atoms in total. The van der Waals surface area contributed by atoms with Crippen molar-refractivity contribution in [2.75, 3.05) is 25.5 Å². The zero-order valence-electron chi connectivity index (χ0n) is 12.9. The van der Waals surface area contributed by atoms with Crippen LogP contribution in [0.1, 0.15) is 37.8 Å². The first-order valence-corrected chi connectivity index (χ1v) is 7.75. The smallest absolute Gasteiger partial charge is 0.228 e. The summed E-state index contributed by atoms with van der Waals surface area (Å²) in [5.74, 6) is 0.315. The highest BCUT2D eigenvalue weighted by molar-refractivity contribution is 5.94. The van der Waals surface area contributed by atoms with Crippen LogP contribution >= 0.6 is 0 Å². The van der Waals surface area contributed by atoms with Gasteiger partial charge in [-0.05, 0) is 50.4 Å². The Bertz CT molecular complexity index is 448. The van der Waals surface area contributed by atoms with Crippen molar-refractivity contribution in [1.82, 2.24) is 4.90 Å². The molecule has 2 rings (SSSR count). The molecule has 0 aliphatic carbocycles. The molecule has 1 aliphatic heterocycles. The second kappa shape index (κ2) is 6.89. The van der Waals surface area contributed by atoms with Gasteiger partial charge in [-0.25, -0.2) is 0 Å². The van der Waals surface area contributed by atoms with E-state index in [0.29, 0.717) is 0 Å². The molecule has 0 spiro atoms. The van der Waals surface area contributed by atoms with Gasteiger partial charge in [0, 0.05) is 12.2 Å². The van der Waals surface area contributed by atoms with Crippen LogP contribution in [0.15, 0.2) is 18.2 Å². The van der Waals surface area contributed by atoms with E-state index in [0.717, 1.165) is 44.5 Å². The number of piperidine rings is 1. The van der Waals surface area contributed by atoms with Gasteiger partial charge in [0.25, 0.3) is 0 Å². The van der Waals surface area contributed by atoms with E-state index in [4.69, 9.17) is 0 Å². The van der Waals surface area contributed by atoms with Crippen molar-refractivity contribution in [1.29, 1.82) is 0 Å². The lowest BCUT2D eigenvalue weighted by Gasteiger charge is -2.29. The molecule has 1 atom stereocenters. The fourth-order valence-corrected chi connectivity index (χ4v) is 3.01. The Morgan fingerprint density at radius 1 is 1.30 bits per heavy atom. The Labute approximate surface area is 122 Å². The summed E-state index contributed by atoms with van der Waals surface area (Å²) in [7, 11) is 2.09. The van der Waals surface area contributed by atoms with Gasteiger partial charge in [0.15, 0.2) is 0 Å². The first-order valence-electron chi connectivity index (χ1n) is 7.75. The van der Waals surface area contributed by atoms with Gasteiger partial charge >= 0.3 is 0 Å². The van der Waals surface area contributed by atoms with Crippen LogP contribution in [-0.2, 0) is 17.6 Å². The second-order valence-corrected chi connectivity index (χ2v) is 5.75. The SMILES string of the molecule is CCc1cccc(CC)c1NC(=O)[C@H]1CCCN(C)C1. The van der Waals surface area contributed by atoms with Gasteiger partial charge in [-0.15, -0.1) is 0 Å². The summed E-state index contributed by atoms with van der Waals surface area (Å²) in [6, 6.07) is 6.31. The molecule has 0 radical (unpaired) electrons. The zero-order valence-corrected chi connectivity index (χ0v) is 12.9. The van der Waals surface area contributed by atoms with Crippen LogP contribution in [0.5, 0.6) is 0 Å². The number of para-hydroxylation sites is 1. The molecule has 1 aromatic carbocycles. The maximum absolute atomic E-state index is 12.5. The van der Waals surface area contributed by atoms with E-state index < -0.39 is 0 Å². The molecule has 0 unspecified atom stereocenters. The van der Waals surface area contributed by atoms with E-state index in [1.54, 1.807) is 0 Å². The van der Waals surface area contributed by atoms with E-state index in [1.165, 1.54) is 11.1 Å². The maximum Gasteiger partial charge on any atom is 0.228 e. The maximum atomic E-state index is 12.5. The topological polar surface area (TPSA) is 32.3 Å². The average molecular weight is 274 g/mol. The van der Waals surface area contributed by atoms with E-state index in [2.05, 4.69) is 49.3 Å². The number of benzene rings is 1. The number of amides is 1. The van der Waals surface area contributed by atoms with Gasteiger partial charge in [-0.3, -0.25) is 4.79 Å². The molecular formula is C17H26N2O. The summed E-state index contributed by atoms with van der Waals surface area (Å²) < 4.78 is 0. The quantitative estimate of drug-likeness (QED) is 0.915. The lowest BCUT2D eigenvalue weighted by molar-refractivity contribution is -0.121. The Balaban J connectivity index is 2.14. The number of aryl methyl sites for hydroxylation is 2. The van der Waals surface area contributed by atoms with Crippen LogP contribution in [0.4, 0.5) is 5.69 Å². The molecule has 110 valence electrons. The number of nitrogens with one attached hydrogen (secondary N) is 1. The van der Waals surface area contributed by atoms with E-state index in [-0.39, 0.29) is 11.8 Å². The third-order valence-corrected chi connectivity index (χ3v) is 4.24. The third kappa shape index (κ3) is 3.40. The normalized spacial score (nSPS) is 19.9. The highest BCUT2D eigenvalue weighted by Crippen LogP contribution is 2.24. The van der Waals surface area contributed by atoms with Gasteiger partial charge in [-0.2, -0.15) is 0 Å². The molecule has 0 saturated carbocycles. The van der Waals surface area contributed by atoms with Gasteiger partial charge in [0.05, 0.1) is 5.92 Å². The number of rotatable bonds is 4. The molecule has 1 fully saturated rings. The molecule has 0 aromatic heterocycles. The van der Waals surface area contributed by atoms with Crippen molar-refractivity contribution in [2.24, 2.45) is 5.92 Å². The van der Waals surface area contributed by atoms with Gasteiger partial charge in [-0.1, -0.05) is 32.0 Å². The summed E-state index contributed by atoms with van der Waals surface area (Å²) in [5.41, 5.74) is 3.53. The zero-order chi connectivity index (χ0) is 14.5. The fraction of sp³-hybridized carbons (Fsp3) is 0.588. The van der Waals surface area contributed by atoms with Crippen molar-refractivity contribution >= 4 is 11.6 Å². The molecule has 3 heteroatoms. The van der Waals surface area contributed by atoms with E-state index >= 15 is 0 Å². The van der Waals surface area contributed by atoms with Gasteiger partial charge < -0.3 is 10.2 Å². The molecule has 1 heterocycles. The Hall–Kier alpha value is -1.35. The van der Waals surface area contributed by atoms with Crippen molar-refractivity contribution in [3.63, 3.8) is 0 Å². The molecule has 1 aliphatic rings. The molecule has 1 saturated heterocycles. The number of likely N-dealkylation sites (tertiary alicyclic amines) is 1. The largest absolute Gasteiger partial charge is 0.325 e. The monoisotopic (exact) mass is 274 g/mol. The molecule has 20 heavy (non-hydrogen) atoms. The van der Waals surface area contributed by atoms with E-state index in [9.17, 15) is 4.79 Å². The van der Waals surface area contributed by atoms with Crippen LogP contribution in [0.2, 0.25) is 0 Å². The third-order valence-electron chi connectivity index (χ3n) is 4.24. The summed E-state index contributed by atoms with van der Waals surface area (Å²) in [6.07, 6.45) is 4.03. The molecule has 1 N–H and O–H groups in total. The number of anilines is 1. The number of nitrogens with zero attached hydrogens (tertiary/aromatic N) is 1. The fourth-order valence-electron chi connectivity index (χ4n) is 3.01. The molecular weight excluding hydrogens is 248 g/mol. The standard InChI is InChI=1S/C17H26N2O/c1-4-13-8-6-9-14(5-2)16(13)18-17(20)15-10-7-11-19(3)12-15/h6,8-9,15H,4-5,7,10-12H2,1-3H3,(H,18,20)/t15-/m0/s1. The van der Waals surface area contributed by atoms with Crippen LogP contribution in [0, 0.1) is 5.92 Å². The van der Waals surface area contributed by atoms with Crippen molar-refractivity contribution in [2.45, 2.75) is 39.5 Å². The minimum Gasteiger partial charge on any atom is -0.325 e. The predicted octanol–water partition coefficient (Wildman–Crippen LogP) is 3.09. The Kier molecular flexibility index (Phi) is 5.18. The first kappa shape index (κ1) is 15.0. The Morgan fingerprint density at radius 3 is 2.50 bits per heavy atom. The lowest BCUT2D eigenvalue weighted by Crippen LogP contribution is -2.38. The van der Waals surface area contributed by atoms with Gasteiger partial charge in [0.1, 0.15) is 0 Å². The predicted molar refractivity (Wildman–Crippen MR) is 84.0 cm³/mol. The number of carbonyl (C=O) groups excluding carboxylic acids is 1. The highest BCUT2D eigenvalue weighted by Gasteiger charge is 2.24. The summed E-state index contributed by atoms with van der Waals surface area (Å²) >= 11 is 0. The Morgan fingerprint density at radius 2 is 1.95 bits per heavy atom. The van der Waals surface area contributed by atoms with Crippen LogP contribution in [-0.4, -0.2) is 30.9 Å². The summed E-state index contributed by atoms with van der Waals surface area (Å²) in [6.45, 7) is 6.26. The van der Waals surface area contributed by atoms with Crippen LogP contribution < -0.4 is 5.32 Å². The molecule has 0 bridgehead atoms. The summed E-state index contributed by atoms with van der Waals surface area (Å²) in [5, 5.41) is 3.21. The highest BCUT2D eigenvalue weighted by atomic mass is 16.1. The number of hydrogen-bond donors (Lipinski definition) is 1. The molecule has 1 amide bonds. The van der Waals surface area contributed by atoms with Gasteiger partial charge in [0.2, 0.25) is 5.91 Å². The second-order valence-electron chi connectivity index (χ2n) is 5.75. The van der Waals surface area contributed by atoms with Crippen molar-refractivity contribution < 1.29 is 4.79 Å². The molecule has 1 aromatic rings. The summed E-state index contributed by atoms with van der Waals surface area (Å²) in [4.78, 5) is 14.8. The number of hydrogen-bond acceptors (Lipinski definition) is 2.